The second-order valence-corrected chi connectivity index (χ2v) is 10.4. The molecule has 4 aromatic rings. The predicted octanol–water partition coefficient (Wildman–Crippen LogP) is 4.80. The van der Waals surface area contributed by atoms with E-state index < -0.39 is 23.3 Å². The van der Waals surface area contributed by atoms with E-state index in [0.29, 0.717) is 49.7 Å². The number of amides is 1. The van der Waals surface area contributed by atoms with Crippen molar-refractivity contribution in [3.63, 3.8) is 0 Å². The number of nitrogens with one attached hydrogen (secondary N) is 1. The average Bonchev–Trinajstić information content (AvgIpc) is 3.55. The Morgan fingerprint density at radius 1 is 1.09 bits per heavy atom. The summed E-state index contributed by atoms with van der Waals surface area (Å²) in [5.41, 5.74) is 1.01. The Morgan fingerprint density at radius 3 is 2.53 bits per heavy atom. The van der Waals surface area contributed by atoms with Gasteiger partial charge < -0.3 is 19.3 Å². The molecular formula is C29H30F4N6O4. The molecule has 0 bridgehead atoms. The van der Waals surface area contributed by atoms with Gasteiger partial charge in [0.05, 0.1) is 38.5 Å². The quantitative estimate of drug-likeness (QED) is 0.171. The zero-order chi connectivity index (χ0) is 30.6. The zero-order valence-corrected chi connectivity index (χ0v) is 23.6. The largest absolute Gasteiger partial charge is 0.401 e. The fourth-order valence-electron chi connectivity index (χ4n) is 4.60. The van der Waals surface area contributed by atoms with E-state index >= 15 is 0 Å². The third-order valence-electron chi connectivity index (χ3n) is 7.28. The van der Waals surface area contributed by atoms with E-state index in [2.05, 4.69) is 25.5 Å². The van der Waals surface area contributed by atoms with Gasteiger partial charge in [-0.05, 0) is 37.0 Å². The van der Waals surface area contributed by atoms with Gasteiger partial charge in [0.15, 0.2) is 11.6 Å². The summed E-state index contributed by atoms with van der Waals surface area (Å²) in [5.74, 6) is -1.19. The van der Waals surface area contributed by atoms with Gasteiger partial charge in [-0.15, -0.1) is 0 Å². The number of methoxy groups -OCH3 is 1. The lowest BCUT2D eigenvalue weighted by atomic mass is 10.0. The lowest BCUT2D eigenvalue weighted by molar-refractivity contribution is -0.165. The van der Waals surface area contributed by atoms with Crippen molar-refractivity contribution in [3.8, 4) is 11.1 Å². The molecule has 1 amide bonds. The number of hydrogen-bond donors (Lipinski definition) is 1. The molecule has 0 unspecified atom stereocenters. The topological polar surface area (TPSA) is 117 Å². The Hall–Kier alpha value is -4.17. The van der Waals surface area contributed by atoms with Gasteiger partial charge in [0.25, 0.3) is 0 Å². The molecule has 0 spiro atoms. The van der Waals surface area contributed by atoms with Crippen LogP contribution >= 0.6 is 0 Å². The van der Waals surface area contributed by atoms with Crippen LogP contribution in [0.4, 0.5) is 23.4 Å². The predicted molar refractivity (Wildman–Crippen MR) is 146 cm³/mol. The van der Waals surface area contributed by atoms with E-state index in [1.807, 2.05) is 17.8 Å². The number of aryl methyl sites for hydroxylation is 1. The Labute approximate surface area is 244 Å². The highest BCUT2D eigenvalue weighted by atomic mass is 19.4. The molecule has 1 fully saturated rings. The molecule has 1 aromatic carbocycles. The number of rotatable bonds is 13. The summed E-state index contributed by atoms with van der Waals surface area (Å²) < 4.78 is 71.9. The molecule has 43 heavy (non-hydrogen) atoms. The number of hydrogen-bond acceptors (Lipinski definition) is 8. The van der Waals surface area contributed by atoms with Crippen LogP contribution in [0.2, 0.25) is 0 Å². The van der Waals surface area contributed by atoms with Gasteiger partial charge in [0, 0.05) is 49.3 Å². The summed E-state index contributed by atoms with van der Waals surface area (Å²) in [6, 6.07) is 5.45. The number of ether oxygens (including phenoxy) is 2. The second kappa shape index (κ2) is 12.6. The van der Waals surface area contributed by atoms with Crippen LogP contribution in [0, 0.1) is 12.7 Å². The number of aromatic nitrogens is 5. The van der Waals surface area contributed by atoms with Crippen LogP contribution in [0.15, 0.2) is 47.4 Å². The highest BCUT2D eigenvalue weighted by Gasteiger charge is 2.66. The molecule has 1 aliphatic rings. The van der Waals surface area contributed by atoms with Crippen molar-refractivity contribution in [3.05, 3.63) is 77.1 Å². The Balaban J connectivity index is 1.16. The van der Waals surface area contributed by atoms with E-state index in [1.165, 1.54) is 12.1 Å². The van der Waals surface area contributed by atoms with E-state index in [0.717, 1.165) is 17.3 Å². The van der Waals surface area contributed by atoms with Crippen LogP contribution in [0.1, 0.15) is 41.2 Å². The summed E-state index contributed by atoms with van der Waals surface area (Å²) in [6.45, 7) is 4.10. The van der Waals surface area contributed by atoms with Crippen LogP contribution in [-0.4, -0.2) is 63.9 Å². The van der Waals surface area contributed by atoms with Crippen molar-refractivity contribution in [2.45, 2.75) is 50.7 Å². The maximum Gasteiger partial charge on any atom is 0.401 e. The molecule has 3 aromatic heterocycles. The monoisotopic (exact) mass is 602 g/mol. The maximum atomic E-state index is 14.9. The fourth-order valence-corrected chi connectivity index (χ4v) is 4.60. The van der Waals surface area contributed by atoms with Gasteiger partial charge in [-0.25, -0.2) is 14.4 Å². The number of benzene rings is 1. The normalized spacial score (nSPS) is 14.2. The Morgan fingerprint density at radius 2 is 1.86 bits per heavy atom. The molecule has 0 radical (unpaired) electrons. The number of anilines is 1. The van der Waals surface area contributed by atoms with Crippen molar-refractivity contribution < 1.29 is 36.4 Å². The summed E-state index contributed by atoms with van der Waals surface area (Å²) in [7, 11) is 1.62. The molecule has 10 nitrogen and oxygen atoms in total. The molecule has 0 aliphatic heterocycles. The summed E-state index contributed by atoms with van der Waals surface area (Å²) in [5, 5.41) is 10.4. The fraction of sp³-hybridized carbons (Fsp3) is 0.414. The van der Waals surface area contributed by atoms with Gasteiger partial charge in [-0.1, -0.05) is 17.3 Å². The molecule has 228 valence electrons. The second-order valence-electron chi connectivity index (χ2n) is 10.4. The molecule has 3 heterocycles. The number of alkyl halides is 3. The van der Waals surface area contributed by atoms with E-state index in [1.54, 1.807) is 25.6 Å². The van der Waals surface area contributed by atoms with Gasteiger partial charge >= 0.3 is 6.18 Å². The lowest BCUT2D eigenvalue weighted by Gasteiger charge is -2.14. The van der Waals surface area contributed by atoms with Crippen molar-refractivity contribution in [1.29, 1.82) is 0 Å². The maximum absolute atomic E-state index is 14.9. The average molecular weight is 603 g/mol. The number of halogens is 4. The minimum Gasteiger partial charge on any atom is -0.382 e. The van der Waals surface area contributed by atoms with Gasteiger partial charge in [0.1, 0.15) is 17.1 Å². The molecule has 1 N–H and O–H groups in total. The number of nitrogens with zero attached hydrogens (tertiary/aromatic N) is 5. The minimum atomic E-state index is -4.46. The van der Waals surface area contributed by atoms with Gasteiger partial charge in [-0.2, -0.15) is 18.3 Å². The van der Waals surface area contributed by atoms with Gasteiger partial charge in [0.2, 0.25) is 5.91 Å². The first-order valence-electron chi connectivity index (χ1n) is 13.6. The third kappa shape index (κ3) is 7.08. The van der Waals surface area contributed by atoms with Crippen LogP contribution in [-0.2, 0) is 39.1 Å². The molecule has 14 heteroatoms. The number of carbonyl (C=O) groups excluding carboxylic acids is 1. The molecule has 1 saturated carbocycles. The summed E-state index contributed by atoms with van der Waals surface area (Å²) in [6.07, 6.45) is 0.608. The Kier molecular flexibility index (Phi) is 8.87. The van der Waals surface area contributed by atoms with Gasteiger partial charge in [-0.3, -0.25) is 9.48 Å². The summed E-state index contributed by atoms with van der Waals surface area (Å²) in [4.78, 5) is 21.3. The van der Waals surface area contributed by atoms with Crippen LogP contribution in [0.5, 0.6) is 0 Å². The van der Waals surface area contributed by atoms with Crippen LogP contribution < -0.4 is 5.32 Å². The van der Waals surface area contributed by atoms with E-state index in [4.69, 9.17) is 14.0 Å². The first kappa shape index (κ1) is 30.3. The van der Waals surface area contributed by atoms with E-state index in [9.17, 15) is 22.4 Å². The smallest absolute Gasteiger partial charge is 0.382 e. The highest BCUT2D eigenvalue weighted by Crippen LogP contribution is 2.59. The molecule has 5 rings (SSSR count). The van der Waals surface area contributed by atoms with Crippen molar-refractivity contribution in [1.82, 2.24) is 24.9 Å². The first-order chi connectivity index (χ1) is 20.6. The van der Waals surface area contributed by atoms with Crippen molar-refractivity contribution in [2.24, 2.45) is 0 Å². The first-order valence-corrected chi connectivity index (χ1v) is 13.6. The molecule has 1 aliphatic carbocycles. The van der Waals surface area contributed by atoms with Crippen LogP contribution in [0.3, 0.4) is 0 Å². The van der Waals surface area contributed by atoms with Crippen molar-refractivity contribution >= 4 is 11.7 Å². The van der Waals surface area contributed by atoms with E-state index in [-0.39, 0.29) is 36.4 Å². The lowest BCUT2D eigenvalue weighted by Crippen LogP contribution is -2.28. The molecule has 0 saturated heterocycles. The highest BCUT2D eigenvalue weighted by molar-refractivity contribution is 5.91. The zero-order valence-electron chi connectivity index (χ0n) is 23.6. The summed E-state index contributed by atoms with van der Waals surface area (Å²) >= 11 is 0. The SMILES string of the molecule is COCCOCCn1cc(Cc2ncc(-c3ccc(CC(=O)Nc4cc(C5(C(F)(F)F)CC5)on4)c(F)c3)cn2)c(C)n1. The number of carbonyl (C=O) groups is 1. The van der Waals surface area contributed by atoms with Crippen molar-refractivity contribution in [2.75, 3.05) is 32.2 Å². The third-order valence-corrected chi connectivity index (χ3v) is 7.28. The molecule has 0 atom stereocenters. The van der Waals surface area contributed by atoms with Crippen LogP contribution in [0.25, 0.3) is 11.1 Å². The Bertz CT molecular complexity index is 1560. The standard InChI is InChI=1S/C29H30F4N6O4/c1-18-21(17-39(37-18)7-8-42-10-9-41-2)12-25-34-15-22(16-35-25)19-3-4-20(23(30)11-19)13-27(40)36-26-14-24(43-38-26)28(5-6-28)29(31,32)33/h3-4,11,14-17H,5-10,12-13H2,1-2H3,(H,36,38,40). The molecular weight excluding hydrogens is 572 g/mol. The minimum absolute atomic E-state index is 0.0950.